The Bertz CT molecular complexity index is 705. The van der Waals surface area contributed by atoms with Crippen molar-refractivity contribution in [1.82, 2.24) is 9.97 Å². The van der Waals surface area contributed by atoms with E-state index in [1.807, 2.05) is 42.5 Å². The number of hydrogen-bond acceptors (Lipinski definition) is 3. The van der Waals surface area contributed by atoms with Crippen molar-refractivity contribution in [3.05, 3.63) is 47.5 Å². The minimum Gasteiger partial charge on any atom is -0.338 e. The standard InChI is InChI=1S/C13H11ClN4/c14-9-3-1-2-8(6-9)13-16-11-5-4-10(18-15)7-12(11)17-13/h1-7,18H,15H2,(H,16,17). The van der Waals surface area contributed by atoms with Crippen LogP contribution in [-0.2, 0) is 0 Å². The van der Waals surface area contributed by atoms with E-state index in [4.69, 9.17) is 17.4 Å². The lowest BCUT2D eigenvalue weighted by Gasteiger charge is -1.97. The lowest BCUT2D eigenvalue weighted by Crippen LogP contribution is -2.05. The predicted molar refractivity (Wildman–Crippen MR) is 74.3 cm³/mol. The molecule has 2 aromatic carbocycles. The lowest BCUT2D eigenvalue weighted by atomic mass is 10.2. The van der Waals surface area contributed by atoms with Crippen LogP contribution in [-0.4, -0.2) is 9.97 Å². The number of hydrogen-bond donors (Lipinski definition) is 3. The maximum Gasteiger partial charge on any atom is 0.138 e. The molecule has 0 radical (unpaired) electrons. The van der Waals surface area contributed by atoms with E-state index in [0.29, 0.717) is 5.02 Å². The van der Waals surface area contributed by atoms with Gasteiger partial charge >= 0.3 is 0 Å². The van der Waals surface area contributed by atoms with Gasteiger partial charge in [0.1, 0.15) is 5.82 Å². The summed E-state index contributed by atoms with van der Waals surface area (Å²) in [5.74, 6) is 6.17. The normalized spacial score (nSPS) is 10.8. The molecule has 18 heavy (non-hydrogen) atoms. The van der Waals surface area contributed by atoms with Crippen molar-refractivity contribution >= 4 is 28.3 Å². The Morgan fingerprint density at radius 3 is 2.83 bits per heavy atom. The van der Waals surface area contributed by atoms with Gasteiger partial charge in [0.15, 0.2) is 0 Å². The third-order valence-corrected chi connectivity index (χ3v) is 2.98. The number of benzene rings is 2. The van der Waals surface area contributed by atoms with Crippen molar-refractivity contribution < 1.29 is 0 Å². The Morgan fingerprint density at radius 1 is 1.17 bits per heavy atom. The molecule has 4 N–H and O–H groups in total. The number of imidazole rings is 1. The number of nitrogen functional groups attached to an aromatic ring is 1. The van der Waals surface area contributed by atoms with E-state index in [-0.39, 0.29) is 0 Å². The molecule has 0 unspecified atom stereocenters. The summed E-state index contributed by atoms with van der Waals surface area (Å²) in [7, 11) is 0. The summed E-state index contributed by atoms with van der Waals surface area (Å²) >= 11 is 5.97. The van der Waals surface area contributed by atoms with Gasteiger partial charge in [-0.05, 0) is 30.3 Å². The second kappa shape index (κ2) is 4.33. The molecule has 1 heterocycles. The maximum absolute atomic E-state index is 5.97. The smallest absolute Gasteiger partial charge is 0.138 e. The second-order valence-electron chi connectivity index (χ2n) is 3.97. The summed E-state index contributed by atoms with van der Waals surface area (Å²) in [6.07, 6.45) is 0. The maximum atomic E-state index is 5.97. The molecular weight excluding hydrogens is 248 g/mol. The number of halogens is 1. The van der Waals surface area contributed by atoms with Gasteiger partial charge in [-0.3, -0.25) is 5.84 Å². The highest BCUT2D eigenvalue weighted by molar-refractivity contribution is 6.30. The second-order valence-corrected chi connectivity index (χ2v) is 4.41. The van der Waals surface area contributed by atoms with Crippen LogP contribution in [0.2, 0.25) is 5.02 Å². The molecule has 3 aromatic rings. The topological polar surface area (TPSA) is 66.7 Å². The summed E-state index contributed by atoms with van der Waals surface area (Å²) in [4.78, 5) is 7.77. The number of anilines is 1. The molecule has 90 valence electrons. The highest BCUT2D eigenvalue weighted by Gasteiger charge is 2.06. The van der Waals surface area contributed by atoms with Crippen LogP contribution in [0, 0.1) is 0 Å². The van der Waals surface area contributed by atoms with E-state index in [0.717, 1.165) is 28.1 Å². The number of aromatic nitrogens is 2. The number of rotatable bonds is 2. The van der Waals surface area contributed by atoms with Crippen molar-refractivity contribution in [3.8, 4) is 11.4 Å². The van der Waals surface area contributed by atoms with E-state index < -0.39 is 0 Å². The van der Waals surface area contributed by atoms with Crippen LogP contribution in [0.3, 0.4) is 0 Å². The van der Waals surface area contributed by atoms with Gasteiger partial charge in [-0.15, -0.1) is 0 Å². The fourth-order valence-electron chi connectivity index (χ4n) is 1.87. The van der Waals surface area contributed by atoms with Crippen LogP contribution in [0.1, 0.15) is 0 Å². The number of aromatic amines is 1. The van der Waals surface area contributed by atoms with E-state index >= 15 is 0 Å². The average molecular weight is 259 g/mol. The van der Waals surface area contributed by atoms with Crippen LogP contribution in [0.4, 0.5) is 5.69 Å². The first-order chi connectivity index (χ1) is 8.76. The van der Waals surface area contributed by atoms with Crippen molar-refractivity contribution in [2.45, 2.75) is 0 Å². The zero-order valence-corrected chi connectivity index (χ0v) is 10.2. The van der Waals surface area contributed by atoms with Gasteiger partial charge in [-0.2, -0.15) is 0 Å². The Morgan fingerprint density at radius 2 is 2.06 bits per heavy atom. The Labute approximate surface area is 109 Å². The average Bonchev–Trinajstić information content (AvgIpc) is 2.81. The molecule has 0 aliphatic heterocycles. The molecule has 0 atom stereocenters. The Balaban J connectivity index is 2.13. The van der Waals surface area contributed by atoms with Gasteiger partial charge in [-0.1, -0.05) is 23.7 Å². The summed E-state index contributed by atoms with van der Waals surface area (Å²) < 4.78 is 0. The highest BCUT2D eigenvalue weighted by Crippen LogP contribution is 2.24. The molecule has 4 nitrogen and oxygen atoms in total. The van der Waals surface area contributed by atoms with Gasteiger partial charge in [0.25, 0.3) is 0 Å². The zero-order valence-electron chi connectivity index (χ0n) is 9.44. The van der Waals surface area contributed by atoms with Crippen molar-refractivity contribution in [1.29, 1.82) is 0 Å². The molecule has 0 amide bonds. The summed E-state index contributed by atoms with van der Waals surface area (Å²) in [6.45, 7) is 0. The number of fused-ring (bicyclic) bond motifs is 1. The van der Waals surface area contributed by atoms with Crippen LogP contribution in [0.25, 0.3) is 22.4 Å². The van der Waals surface area contributed by atoms with Gasteiger partial charge in [0, 0.05) is 10.6 Å². The third-order valence-electron chi connectivity index (χ3n) is 2.75. The van der Waals surface area contributed by atoms with E-state index in [2.05, 4.69) is 15.4 Å². The van der Waals surface area contributed by atoms with Crippen molar-refractivity contribution in [3.63, 3.8) is 0 Å². The first kappa shape index (κ1) is 11.1. The predicted octanol–water partition coefficient (Wildman–Crippen LogP) is 3.17. The monoisotopic (exact) mass is 258 g/mol. The molecule has 0 saturated carbocycles. The number of H-pyrrole nitrogens is 1. The number of hydrazine groups is 1. The molecule has 0 fully saturated rings. The molecule has 1 aromatic heterocycles. The largest absolute Gasteiger partial charge is 0.338 e. The first-order valence-electron chi connectivity index (χ1n) is 5.48. The summed E-state index contributed by atoms with van der Waals surface area (Å²) in [5, 5.41) is 0.692. The van der Waals surface area contributed by atoms with Gasteiger partial charge < -0.3 is 10.4 Å². The fourth-order valence-corrected chi connectivity index (χ4v) is 2.06. The number of nitrogens with two attached hydrogens (primary N) is 1. The lowest BCUT2D eigenvalue weighted by molar-refractivity contribution is 1.33. The van der Waals surface area contributed by atoms with Crippen LogP contribution < -0.4 is 11.3 Å². The van der Waals surface area contributed by atoms with E-state index in [1.54, 1.807) is 0 Å². The fraction of sp³-hybridized carbons (Fsp3) is 0. The highest BCUT2D eigenvalue weighted by atomic mass is 35.5. The van der Waals surface area contributed by atoms with Gasteiger partial charge in [0.2, 0.25) is 0 Å². The van der Waals surface area contributed by atoms with Crippen LogP contribution >= 0.6 is 11.6 Å². The Hall–Kier alpha value is -2.04. The van der Waals surface area contributed by atoms with Gasteiger partial charge in [0.05, 0.1) is 16.7 Å². The minimum atomic E-state index is 0.692. The van der Waals surface area contributed by atoms with Crippen LogP contribution in [0.15, 0.2) is 42.5 Å². The Kier molecular flexibility index (Phi) is 2.66. The van der Waals surface area contributed by atoms with E-state index in [9.17, 15) is 0 Å². The molecule has 3 rings (SSSR count). The number of nitrogens with zero attached hydrogens (tertiary/aromatic N) is 1. The third kappa shape index (κ3) is 1.92. The molecule has 5 heteroatoms. The molecule has 0 aliphatic rings. The zero-order chi connectivity index (χ0) is 12.5. The number of nitrogens with one attached hydrogen (secondary N) is 2. The summed E-state index contributed by atoms with van der Waals surface area (Å²) in [5.41, 5.74) is 6.23. The van der Waals surface area contributed by atoms with E-state index in [1.165, 1.54) is 0 Å². The SMILES string of the molecule is NNc1ccc2nc(-c3cccc(Cl)c3)[nH]c2c1. The van der Waals surface area contributed by atoms with Gasteiger partial charge in [-0.25, -0.2) is 4.98 Å². The molecule has 0 saturated heterocycles. The molecular formula is C13H11ClN4. The minimum absolute atomic E-state index is 0.692. The summed E-state index contributed by atoms with van der Waals surface area (Å²) in [6, 6.07) is 13.3. The molecule has 0 aliphatic carbocycles. The van der Waals surface area contributed by atoms with Crippen LogP contribution in [0.5, 0.6) is 0 Å². The quantitative estimate of drug-likeness (QED) is 0.489. The molecule has 0 spiro atoms. The first-order valence-corrected chi connectivity index (χ1v) is 5.86. The molecule has 0 bridgehead atoms. The van der Waals surface area contributed by atoms with Crippen molar-refractivity contribution in [2.75, 3.05) is 5.43 Å². The van der Waals surface area contributed by atoms with Crippen molar-refractivity contribution in [2.24, 2.45) is 5.84 Å².